The van der Waals surface area contributed by atoms with E-state index in [1.807, 2.05) is 0 Å². The van der Waals surface area contributed by atoms with Gasteiger partial charge in [0.1, 0.15) is 5.69 Å². The van der Waals surface area contributed by atoms with Crippen LogP contribution in [-0.4, -0.2) is 22.4 Å². The fourth-order valence-corrected chi connectivity index (χ4v) is 4.45. The molecular formula is C27H19ClF6N2O2. The minimum Gasteiger partial charge on any atom is -0.336 e. The van der Waals surface area contributed by atoms with E-state index in [0.29, 0.717) is 33.7 Å². The lowest BCUT2D eigenvalue weighted by molar-refractivity contribution is -0.143. The summed E-state index contributed by atoms with van der Waals surface area (Å²) in [6.07, 6.45) is -10.1. The molecule has 0 radical (unpaired) electrons. The van der Waals surface area contributed by atoms with Gasteiger partial charge in [0, 0.05) is 36.6 Å². The minimum absolute atomic E-state index is 0.0248. The van der Waals surface area contributed by atoms with Gasteiger partial charge < -0.3 is 9.47 Å². The van der Waals surface area contributed by atoms with Crippen LogP contribution in [0.3, 0.4) is 0 Å². The summed E-state index contributed by atoms with van der Waals surface area (Å²) in [6, 6.07) is 14.4. The summed E-state index contributed by atoms with van der Waals surface area (Å²) in [5.74, 6) is -0.772. The maximum absolute atomic E-state index is 13.7. The number of hydrogen-bond acceptors (Lipinski definition) is 2. The van der Waals surface area contributed by atoms with Crippen molar-refractivity contribution in [3.63, 3.8) is 0 Å². The molecule has 0 spiro atoms. The van der Waals surface area contributed by atoms with Crippen LogP contribution < -0.4 is 5.56 Å². The van der Waals surface area contributed by atoms with Gasteiger partial charge in [0.25, 0.3) is 11.5 Å². The molecule has 38 heavy (non-hydrogen) atoms. The normalized spacial score (nSPS) is 12.1. The molecule has 4 nitrogen and oxygen atoms in total. The third-order valence-corrected chi connectivity index (χ3v) is 6.27. The molecule has 0 aliphatic heterocycles. The lowest BCUT2D eigenvalue weighted by Gasteiger charge is -2.23. The Bertz CT molecular complexity index is 1560. The first kappa shape index (κ1) is 27.3. The van der Waals surface area contributed by atoms with Crippen molar-refractivity contribution in [1.29, 1.82) is 0 Å². The third kappa shape index (κ3) is 5.26. The largest absolute Gasteiger partial charge is 0.416 e. The Labute approximate surface area is 217 Å². The SMILES string of the molecule is CN(Cc1cc(C(F)(F)F)cc(C(F)(F)F)c1)C(=O)c1c(-c2ccccc2)c2ccc(Cl)cc2c(=O)n1C. The molecule has 0 fully saturated rings. The van der Waals surface area contributed by atoms with Crippen molar-refractivity contribution in [2.75, 3.05) is 7.05 Å². The van der Waals surface area contributed by atoms with Crippen LogP contribution in [0.15, 0.2) is 71.5 Å². The molecule has 0 atom stereocenters. The Kier molecular flexibility index (Phi) is 7.05. The van der Waals surface area contributed by atoms with Crippen LogP contribution >= 0.6 is 11.6 Å². The van der Waals surface area contributed by atoms with Gasteiger partial charge >= 0.3 is 12.4 Å². The molecule has 1 amide bonds. The number of alkyl halides is 6. The zero-order valence-corrected chi connectivity index (χ0v) is 20.7. The summed E-state index contributed by atoms with van der Waals surface area (Å²) < 4.78 is 81.0. The second-order valence-electron chi connectivity index (χ2n) is 8.72. The quantitative estimate of drug-likeness (QED) is 0.252. The van der Waals surface area contributed by atoms with Crippen molar-refractivity contribution >= 4 is 28.3 Å². The molecule has 0 unspecified atom stereocenters. The van der Waals surface area contributed by atoms with E-state index in [1.165, 1.54) is 20.2 Å². The smallest absolute Gasteiger partial charge is 0.336 e. The fraction of sp³-hybridized carbons (Fsp3) is 0.185. The number of pyridine rings is 1. The first-order chi connectivity index (χ1) is 17.7. The van der Waals surface area contributed by atoms with Crippen LogP contribution in [0.1, 0.15) is 27.2 Å². The van der Waals surface area contributed by atoms with Crippen LogP contribution in [0.4, 0.5) is 26.3 Å². The van der Waals surface area contributed by atoms with Crippen LogP contribution in [-0.2, 0) is 25.9 Å². The van der Waals surface area contributed by atoms with Gasteiger partial charge in [-0.3, -0.25) is 9.59 Å². The lowest BCUT2D eigenvalue weighted by atomic mass is 9.96. The molecular weight excluding hydrogens is 534 g/mol. The highest BCUT2D eigenvalue weighted by atomic mass is 35.5. The number of carbonyl (C=O) groups is 1. The number of aromatic nitrogens is 1. The molecule has 198 valence electrons. The summed E-state index contributed by atoms with van der Waals surface area (Å²) in [6.45, 7) is -0.576. The average Bonchev–Trinajstić information content (AvgIpc) is 2.85. The maximum Gasteiger partial charge on any atom is 0.416 e. The van der Waals surface area contributed by atoms with E-state index >= 15 is 0 Å². The first-order valence-electron chi connectivity index (χ1n) is 11.1. The zero-order valence-electron chi connectivity index (χ0n) is 19.9. The Balaban J connectivity index is 1.87. The minimum atomic E-state index is -5.03. The highest BCUT2D eigenvalue weighted by Gasteiger charge is 2.37. The van der Waals surface area contributed by atoms with Crippen molar-refractivity contribution < 1.29 is 31.1 Å². The second-order valence-corrected chi connectivity index (χ2v) is 9.16. The molecule has 3 aromatic carbocycles. The van der Waals surface area contributed by atoms with Gasteiger partial charge in [0.05, 0.1) is 11.1 Å². The number of benzene rings is 3. The Morgan fingerprint density at radius 2 is 1.45 bits per heavy atom. The number of nitrogens with zero attached hydrogens (tertiary/aromatic N) is 2. The molecule has 11 heteroatoms. The van der Waals surface area contributed by atoms with E-state index in [4.69, 9.17) is 11.6 Å². The van der Waals surface area contributed by atoms with Crippen molar-refractivity contribution in [3.05, 3.63) is 104 Å². The zero-order chi connectivity index (χ0) is 28.0. The van der Waals surface area contributed by atoms with Gasteiger partial charge in [-0.2, -0.15) is 26.3 Å². The summed E-state index contributed by atoms with van der Waals surface area (Å²) >= 11 is 6.09. The second kappa shape index (κ2) is 9.83. The summed E-state index contributed by atoms with van der Waals surface area (Å²) in [5.41, 5.74) is -3.02. The topological polar surface area (TPSA) is 42.3 Å². The molecule has 0 N–H and O–H groups in total. The Morgan fingerprint density at radius 1 is 0.868 bits per heavy atom. The molecule has 0 saturated heterocycles. The number of halogens is 7. The summed E-state index contributed by atoms with van der Waals surface area (Å²) in [5, 5.41) is 0.958. The predicted molar refractivity (Wildman–Crippen MR) is 132 cm³/mol. The molecule has 0 aliphatic carbocycles. The number of hydrogen-bond donors (Lipinski definition) is 0. The number of fused-ring (bicyclic) bond motifs is 1. The van der Waals surface area contributed by atoms with Gasteiger partial charge in [-0.1, -0.05) is 48.0 Å². The Morgan fingerprint density at radius 3 is 2.00 bits per heavy atom. The van der Waals surface area contributed by atoms with E-state index in [1.54, 1.807) is 42.5 Å². The van der Waals surface area contributed by atoms with Gasteiger partial charge in [0.15, 0.2) is 0 Å². The fourth-order valence-electron chi connectivity index (χ4n) is 4.27. The molecule has 0 aliphatic rings. The molecule has 0 saturated carbocycles. The highest BCUT2D eigenvalue weighted by Crippen LogP contribution is 2.37. The van der Waals surface area contributed by atoms with E-state index in [2.05, 4.69) is 0 Å². The van der Waals surface area contributed by atoms with Gasteiger partial charge in [0.2, 0.25) is 0 Å². The van der Waals surface area contributed by atoms with Crippen molar-refractivity contribution in [2.24, 2.45) is 7.05 Å². The Hall–Kier alpha value is -3.79. The lowest BCUT2D eigenvalue weighted by Crippen LogP contribution is -2.33. The number of amides is 1. The van der Waals surface area contributed by atoms with Crippen LogP contribution in [0.5, 0.6) is 0 Å². The van der Waals surface area contributed by atoms with E-state index < -0.39 is 41.5 Å². The van der Waals surface area contributed by atoms with Crippen molar-refractivity contribution in [3.8, 4) is 11.1 Å². The summed E-state index contributed by atoms with van der Waals surface area (Å²) in [4.78, 5) is 27.8. The van der Waals surface area contributed by atoms with Crippen molar-refractivity contribution in [1.82, 2.24) is 9.47 Å². The van der Waals surface area contributed by atoms with Gasteiger partial charge in [-0.25, -0.2) is 0 Å². The molecule has 4 rings (SSSR count). The number of rotatable bonds is 4. The van der Waals surface area contributed by atoms with E-state index in [0.717, 1.165) is 9.47 Å². The summed E-state index contributed by atoms with van der Waals surface area (Å²) in [7, 11) is 2.60. The predicted octanol–water partition coefficient (Wildman–Crippen LogP) is 7.17. The third-order valence-electron chi connectivity index (χ3n) is 6.04. The molecule has 1 heterocycles. The monoisotopic (exact) mass is 552 g/mol. The standard InChI is InChI=1S/C27H19ClF6N2O2/c1-35(14-15-10-17(26(29,30)31)12-18(11-15)27(32,33)34)25(38)23-22(16-6-4-3-5-7-16)20-9-8-19(28)13-21(20)24(37)36(23)2/h3-13H,14H2,1-2H3. The molecule has 0 bridgehead atoms. The average molecular weight is 553 g/mol. The van der Waals surface area contributed by atoms with Crippen molar-refractivity contribution in [2.45, 2.75) is 18.9 Å². The van der Waals surface area contributed by atoms with Gasteiger partial charge in [-0.05, 0) is 46.8 Å². The van der Waals surface area contributed by atoms with E-state index in [-0.39, 0.29) is 22.7 Å². The molecule has 1 aromatic heterocycles. The number of carbonyl (C=O) groups excluding carboxylic acids is 1. The van der Waals surface area contributed by atoms with Crippen LogP contribution in [0.2, 0.25) is 5.02 Å². The van der Waals surface area contributed by atoms with Crippen LogP contribution in [0.25, 0.3) is 21.9 Å². The highest BCUT2D eigenvalue weighted by molar-refractivity contribution is 6.31. The van der Waals surface area contributed by atoms with E-state index in [9.17, 15) is 35.9 Å². The first-order valence-corrected chi connectivity index (χ1v) is 11.5. The molecule has 4 aromatic rings. The van der Waals surface area contributed by atoms with Crippen LogP contribution in [0, 0.1) is 0 Å². The maximum atomic E-state index is 13.7. The van der Waals surface area contributed by atoms with Gasteiger partial charge in [-0.15, -0.1) is 0 Å².